The summed E-state index contributed by atoms with van der Waals surface area (Å²) in [5, 5.41) is 7.49. The van der Waals surface area contributed by atoms with Crippen molar-refractivity contribution in [1.82, 2.24) is 20.3 Å². The number of fused-ring (bicyclic) bond motifs is 3. The molecule has 6 heteroatoms. The Balaban J connectivity index is 2.31. The highest BCUT2D eigenvalue weighted by Gasteiger charge is 2.25. The normalized spacial score (nSPS) is 12.6. The second kappa shape index (κ2) is 2.03. The minimum absolute atomic E-state index is 0.245. The molecule has 13 heavy (non-hydrogen) atoms. The Bertz CT molecular complexity index is 477. The molecule has 0 saturated carbocycles. The van der Waals surface area contributed by atoms with Crippen LogP contribution >= 0.6 is 0 Å². The molecule has 0 atom stereocenters. The van der Waals surface area contributed by atoms with E-state index in [2.05, 4.69) is 24.9 Å². The third kappa shape index (κ3) is 0.765. The van der Waals surface area contributed by atoms with Crippen LogP contribution in [0.1, 0.15) is 11.3 Å². The fourth-order valence-corrected chi connectivity index (χ4v) is 1.44. The monoisotopic (exact) mass is 175 g/mol. The van der Waals surface area contributed by atoms with Crippen molar-refractivity contribution in [2.45, 2.75) is 6.42 Å². The first-order valence-corrected chi connectivity index (χ1v) is 3.78. The molecule has 0 spiro atoms. The Labute approximate surface area is 72.8 Å². The van der Waals surface area contributed by atoms with Crippen LogP contribution in [-0.2, 0) is 6.42 Å². The summed E-state index contributed by atoms with van der Waals surface area (Å²) in [6, 6.07) is 0. The lowest BCUT2D eigenvalue weighted by atomic mass is 10.2. The van der Waals surface area contributed by atoms with Crippen LogP contribution in [0.2, 0.25) is 0 Å². The number of nitrogens with zero attached hydrogens (tertiary/aromatic N) is 4. The van der Waals surface area contributed by atoms with Crippen molar-refractivity contribution in [3.8, 4) is 11.4 Å². The molecule has 0 aliphatic heterocycles. The molecular weight excluding hydrogens is 170 g/mol. The van der Waals surface area contributed by atoms with Crippen molar-refractivity contribution in [1.29, 1.82) is 0 Å². The van der Waals surface area contributed by atoms with Crippen LogP contribution in [0, 0.1) is 0 Å². The van der Waals surface area contributed by atoms with Gasteiger partial charge in [-0.1, -0.05) is 5.16 Å². The molecule has 0 amide bonds. The van der Waals surface area contributed by atoms with E-state index in [0.29, 0.717) is 12.1 Å². The van der Waals surface area contributed by atoms with E-state index in [1.807, 2.05) is 0 Å². The van der Waals surface area contributed by atoms with E-state index in [1.54, 1.807) is 6.20 Å². The number of nitrogens with two attached hydrogens (primary N) is 1. The van der Waals surface area contributed by atoms with Gasteiger partial charge in [0, 0.05) is 18.2 Å². The predicted molar refractivity (Wildman–Crippen MR) is 42.5 cm³/mol. The second-order valence-corrected chi connectivity index (χ2v) is 2.84. The van der Waals surface area contributed by atoms with Crippen molar-refractivity contribution >= 4 is 5.95 Å². The van der Waals surface area contributed by atoms with Crippen molar-refractivity contribution in [3.63, 3.8) is 0 Å². The summed E-state index contributed by atoms with van der Waals surface area (Å²) in [5.74, 6) is 0.245. The van der Waals surface area contributed by atoms with Gasteiger partial charge >= 0.3 is 0 Å². The molecule has 3 rings (SSSR count). The number of anilines is 1. The molecule has 2 aromatic rings. The SMILES string of the molecule is Nc1ncc2c(n1)-c1nonc1C2. The van der Waals surface area contributed by atoms with E-state index in [4.69, 9.17) is 5.73 Å². The first-order valence-electron chi connectivity index (χ1n) is 3.78. The van der Waals surface area contributed by atoms with Gasteiger partial charge in [-0.3, -0.25) is 0 Å². The maximum absolute atomic E-state index is 5.46. The van der Waals surface area contributed by atoms with Gasteiger partial charge in [0.1, 0.15) is 11.4 Å². The summed E-state index contributed by atoms with van der Waals surface area (Å²) < 4.78 is 4.58. The Morgan fingerprint density at radius 1 is 1.31 bits per heavy atom. The molecular formula is C7H5N5O. The van der Waals surface area contributed by atoms with Crippen LogP contribution < -0.4 is 5.73 Å². The van der Waals surface area contributed by atoms with E-state index in [0.717, 1.165) is 17.0 Å². The van der Waals surface area contributed by atoms with Gasteiger partial charge < -0.3 is 5.73 Å². The van der Waals surface area contributed by atoms with Crippen molar-refractivity contribution in [2.75, 3.05) is 5.73 Å². The molecule has 0 fully saturated rings. The Morgan fingerprint density at radius 2 is 2.23 bits per heavy atom. The first-order chi connectivity index (χ1) is 6.34. The minimum atomic E-state index is 0.245. The summed E-state index contributed by atoms with van der Waals surface area (Å²) in [6.07, 6.45) is 2.37. The summed E-state index contributed by atoms with van der Waals surface area (Å²) >= 11 is 0. The van der Waals surface area contributed by atoms with Crippen LogP contribution in [-0.4, -0.2) is 20.3 Å². The Morgan fingerprint density at radius 3 is 3.15 bits per heavy atom. The molecule has 0 radical (unpaired) electrons. The number of nitrogen functional groups attached to an aromatic ring is 1. The molecule has 0 saturated heterocycles. The van der Waals surface area contributed by atoms with Crippen LogP contribution in [0.15, 0.2) is 10.8 Å². The first kappa shape index (κ1) is 6.53. The van der Waals surface area contributed by atoms with Gasteiger partial charge in [-0.05, 0) is 5.16 Å². The number of rotatable bonds is 0. The van der Waals surface area contributed by atoms with Gasteiger partial charge in [0.25, 0.3) is 0 Å². The Hall–Kier alpha value is -1.98. The van der Waals surface area contributed by atoms with Gasteiger partial charge in [0.15, 0.2) is 5.69 Å². The lowest BCUT2D eigenvalue weighted by Crippen LogP contribution is -1.97. The molecule has 0 unspecified atom stereocenters. The molecule has 2 N–H and O–H groups in total. The maximum Gasteiger partial charge on any atom is 0.220 e. The molecule has 6 nitrogen and oxygen atoms in total. The average Bonchev–Trinajstić information content (AvgIpc) is 2.64. The highest BCUT2D eigenvalue weighted by Crippen LogP contribution is 2.31. The van der Waals surface area contributed by atoms with E-state index < -0.39 is 0 Å². The van der Waals surface area contributed by atoms with Gasteiger partial charge in [-0.2, -0.15) is 0 Å². The zero-order chi connectivity index (χ0) is 8.84. The van der Waals surface area contributed by atoms with Crippen molar-refractivity contribution in [3.05, 3.63) is 17.5 Å². The van der Waals surface area contributed by atoms with Gasteiger partial charge in [0.05, 0.1) is 0 Å². The van der Waals surface area contributed by atoms with Crippen LogP contribution in [0.25, 0.3) is 11.4 Å². The van der Waals surface area contributed by atoms with E-state index in [-0.39, 0.29) is 5.95 Å². The molecule has 1 aliphatic rings. The number of hydrogen-bond acceptors (Lipinski definition) is 6. The number of hydrogen-bond donors (Lipinski definition) is 1. The summed E-state index contributed by atoms with van der Waals surface area (Å²) in [4.78, 5) is 7.97. The molecule has 0 bridgehead atoms. The van der Waals surface area contributed by atoms with E-state index in [1.165, 1.54) is 0 Å². The van der Waals surface area contributed by atoms with Crippen molar-refractivity contribution in [2.24, 2.45) is 0 Å². The fourth-order valence-electron chi connectivity index (χ4n) is 1.44. The standard InChI is InChI=1S/C7H5N5O/c8-7-9-2-3-1-4-6(5(3)10-7)12-13-11-4/h2H,1H2,(H2,8,9,10). The van der Waals surface area contributed by atoms with E-state index >= 15 is 0 Å². The lowest BCUT2D eigenvalue weighted by molar-refractivity contribution is 0.304. The Kier molecular flexibility index (Phi) is 1.02. The molecule has 2 aromatic heterocycles. The number of aromatic nitrogens is 4. The third-order valence-electron chi connectivity index (χ3n) is 2.02. The fraction of sp³-hybridized carbons (Fsp3) is 0.143. The largest absolute Gasteiger partial charge is 0.368 e. The highest BCUT2D eigenvalue weighted by atomic mass is 16.6. The van der Waals surface area contributed by atoms with Crippen LogP contribution in [0.3, 0.4) is 0 Å². The average molecular weight is 175 g/mol. The third-order valence-corrected chi connectivity index (χ3v) is 2.02. The summed E-state index contributed by atoms with van der Waals surface area (Å²) in [5.41, 5.74) is 8.68. The second-order valence-electron chi connectivity index (χ2n) is 2.84. The van der Waals surface area contributed by atoms with Gasteiger partial charge in [-0.25, -0.2) is 14.6 Å². The van der Waals surface area contributed by atoms with Gasteiger partial charge in [0.2, 0.25) is 5.95 Å². The molecule has 64 valence electrons. The maximum atomic E-state index is 5.46. The van der Waals surface area contributed by atoms with E-state index in [9.17, 15) is 0 Å². The van der Waals surface area contributed by atoms with Gasteiger partial charge in [-0.15, -0.1) is 0 Å². The summed E-state index contributed by atoms with van der Waals surface area (Å²) in [6.45, 7) is 0. The topological polar surface area (TPSA) is 90.7 Å². The lowest BCUT2D eigenvalue weighted by Gasteiger charge is -1.96. The van der Waals surface area contributed by atoms with Crippen molar-refractivity contribution < 1.29 is 4.63 Å². The van der Waals surface area contributed by atoms with Crippen LogP contribution in [0.4, 0.5) is 5.95 Å². The molecule has 2 heterocycles. The zero-order valence-electron chi connectivity index (χ0n) is 6.56. The molecule has 0 aromatic carbocycles. The summed E-state index contributed by atoms with van der Waals surface area (Å²) in [7, 11) is 0. The molecule has 1 aliphatic carbocycles. The predicted octanol–water partition coefficient (Wildman–Crippen LogP) is 0.0130. The quantitative estimate of drug-likeness (QED) is 0.517. The smallest absolute Gasteiger partial charge is 0.220 e. The highest BCUT2D eigenvalue weighted by molar-refractivity contribution is 5.67. The minimum Gasteiger partial charge on any atom is -0.368 e. The zero-order valence-corrected chi connectivity index (χ0v) is 6.56. The van der Waals surface area contributed by atoms with Crippen LogP contribution in [0.5, 0.6) is 0 Å².